The lowest BCUT2D eigenvalue weighted by Gasteiger charge is -2.07. The molecule has 4 rings (SSSR count). The van der Waals surface area contributed by atoms with Crippen molar-refractivity contribution >= 4 is 17.0 Å². The molecular weight excluding hydrogens is 290 g/mol. The molecule has 0 aliphatic carbocycles. The first-order chi connectivity index (χ1) is 11.2. The summed E-state index contributed by atoms with van der Waals surface area (Å²) in [6.45, 7) is 0. The fourth-order valence-electron chi connectivity index (χ4n) is 2.59. The minimum Gasteiger partial charge on any atom is -0.508 e. The fraction of sp³-hybridized carbons (Fsp3) is 0. The number of hydrogen-bond donors (Lipinski definition) is 2. The topological polar surface area (TPSA) is 89.9 Å². The van der Waals surface area contributed by atoms with Crippen molar-refractivity contribution in [3.05, 3.63) is 60.9 Å². The van der Waals surface area contributed by atoms with Crippen LogP contribution in [0.25, 0.3) is 28.1 Å². The van der Waals surface area contributed by atoms with E-state index in [1.54, 1.807) is 36.7 Å². The zero-order valence-corrected chi connectivity index (χ0v) is 12.1. The predicted octanol–water partition coefficient (Wildman–Crippen LogP) is 2.77. The maximum absolute atomic E-state index is 9.46. The Morgan fingerprint density at radius 3 is 2.48 bits per heavy atom. The number of hydrogen-bond acceptors (Lipinski definition) is 5. The van der Waals surface area contributed by atoms with Gasteiger partial charge in [0.1, 0.15) is 17.0 Å². The van der Waals surface area contributed by atoms with Crippen LogP contribution in [0.5, 0.6) is 5.75 Å². The number of pyridine rings is 2. The summed E-state index contributed by atoms with van der Waals surface area (Å²) in [4.78, 5) is 13.2. The van der Waals surface area contributed by atoms with Gasteiger partial charge in [-0.2, -0.15) is 0 Å². The number of aromatic hydroxyl groups is 1. The average Bonchev–Trinajstić information content (AvgIpc) is 2.92. The third kappa shape index (κ3) is 2.17. The van der Waals surface area contributed by atoms with Gasteiger partial charge >= 0.3 is 0 Å². The number of nitrogens with two attached hydrogens (primary N) is 1. The van der Waals surface area contributed by atoms with E-state index in [2.05, 4.69) is 15.0 Å². The van der Waals surface area contributed by atoms with Gasteiger partial charge in [0.2, 0.25) is 5.95 Å². The molecule has 3 N–H and O–H groups in total. The van der Waals surface area contributed by atoms with Crippen molar-refractivity contribution in [3.8, 4) is 22.8 Å². The highest BCUT2D eigenvalue weighted by Gasteiger charge is 2.15. The molecule has 0 saturated heterocycles. The van der Waals surface area contributed by atoms with Crippen molar-refractivity contribution in [2.75, 3.05) is 5.73 Å². The number of benzene rings is 1. The van der Waals surface area contributed by atoms with Crippen LogP contribution in [-0.2, 0) is 0 Å². The summed E-state index contributed by atoms with van der Waals surface area (Å²) in [5.74, 6) is 0.559. The second kappa shape index (κ2) is 5.10. The van der Waals surface area contributed by atoms with Crippen LogP contribution in [0.3, 0.4) is 0 Å². The SMILES string of the molecule is Nc1nc2c(-c3ccccn3)nccc2n1-c1ccc(O)cc1. The second-order valence-corrected chi connectivity index (χ2v) is 5.06. The summed E-state index contributed by atoms with van der Waals surface area (Å²) in [5, 5.41) is 9.46. The third-order valence-corrected chi connectivity index (χ3v) is 3.61. The summed E-state index contributed by atoms with van der Waals surface area (Å²) in [6.07, 6.45) is 3.43. The zero-order chi connectivity index (χ0) is 15.8. The lowest BCUT2D eigenvalue weighted by molar-refractivity contribution is 0.475. The molecule has 0 atom stereocenters. The van der Waals surface area contributed by atoms with Gasteiger partial charge in [0.05, 0.1) is 11.2 Å². The normalized spacial score (nSPS) is 11.0. The van der Waals surface area contributed by atoms with Gasteiger partial charge in [-0.15, -0.1) is 0 Å². The number of nitrogens with zero attached hydrogens (tertiary/aromatic N) is 4. The lowest BCUT2D eigenvalue weighted by Crippen LogP contribution is -2.00. The highest BCUT2D eigenvalue weighted by atomic mass is 16.3. The molecule has 3 heterocycles. The van der Waals surface area contributed by atoms with Crippen molar-refractivity contribution < 1.29 is 5.11 Å². The van der Waals surface area contributed by atoms with E-state index in [0.29, 0.717) is 17.2 Å². The van der Waals surface area contributed by atoms with Gasteiger partial charge in [-0.25, -0.2) is 4.98 Å². The molecule has 6 nitrogen and oxygen atoms in total. The number of nitrogen functional groups attached to an aromatic ring is 1. The van der Waals surface area contributed by atoms with E-state index in [-0.39, 0.29) is 5.75 Å². The first-order valence-corrected chi connectivity index (χ1v) is 7.08. The highest BCUT2D eigenvalue weighted by Crippen LogP contribution is 2.29. The number of phenols is 1. The van der Waals surface area contributed by atoms with Crippen LogP contribution in [0.4, 0.5) is 5.95 Å². The Morgan fingerprint density at radius 2 is 1.74 bits per heavy atom. The maximum atomic E-state index is 9.46. The molecule has 0 amide bonds. The van der Waals surface area contributed by atoms with Crippen molar-refractivity contribution in [2.45, 2.75) is 0 Å². The van der Waals surface area contributed by atoms with Gasteiger partial charge in [0, 0.05) is 18.1 Å². The van der Waals surface area contributed by atoms with Gasteiger partial charge in [-0.05, 0) is 42.5 Å². The summed E-state index contributed by atoms with van der Waals surface area (Å²) in [5.41, 5.74) is 9.89. The van der Waals surface area contributed by atoms with Crippen LogP contribution in [0.1, 0.15) is 0 Å². The standard InChI is InChI=1S/C17H13N5O/c18-17-21-16-14(22(17)11-4-6-12(23)7-5-11)8-10-20-15(16)13-3-1-2-9-19-13/h1-10,23H,(H2,18,21). The van der Waals surface area contributed by atoms with Crippen LogP contribution in [0.2, 0.25) is 0 Å². The van der Waals surface area contributed by atoms with E-state index in [4.69, 9.17) is 5.73 Å². The molecule has 0 unspecified atom stereocenters. The largest absolute Gasteiger partial charge is 0.508 e. The molecule has 0 bridgehead atoms. The van der Waals surface area contributed by atoms with E-state index in [9.17, 15) is 5.11 Å². The van der Waals surface area contributed by atoms with Crippen LogP contribution in [-0.4, -0.2) is 24.6 Å². The zero-order valence-electron chi connectivity index (χ0n) is 12.1. The molecule has 0 aliphatic rings. The Hall–Kier alpha value is -3.41. The Balaban J connectivity index is 1.98. The Labute approximate surface area is 131 Å². The minimum atomic E-state index is 0.201. The van der Waals surface area contributed by atoms with Gasteiger partial charge in [-0.1, -0.05) is 6.07 Å². The first-order valence-electron chi connectivity index (χ1n) is 7.08. The summed E-state index contributed by atoms with van der Waals surface area (Å²) in [7, 11) is 0. The van der Waals surface area contributed by atoms with E-state index < -0.39 is 0 Å². The van der Waals surface area contributed by atoms with E-state index >= 15 is 0 Å². The Morgan fingerprint density at radius 1 is 0.913 bits per heavy atom. The summed E-state index contributed by atoms with van der Waals surface area (Å²) < 4.78 is 1.82. The lowest BCUT2D eigenvalue weighted by atomic mass is 10.2. The van der Waals surface area contributed by atoms with E-state index in [1.807, 2.05) is 28.8 Å². The molecular formula is C17H13N5O. The molecule has 6 heteroatoms. The number of anilines is 1. The first kappa shape index (κ1) is 13.3. The molecule has 1 aromatic carbocycles. The molecule has 4 aromatic rings. The fourth-order valence-corrected chi connectivity index (χ4v) is 2.59. The monoisotopic (exact) mass is 303 g/mol. The van der Waals surface area contributed by atoms with Gasteiger partial charge in [-0.3, -0.25) is 14.5 Å². The highest BCUT2D eigenvalue weighted by molar-refractivity contribution is 5.91. The van der Waals surface area contributed by atoms with E-state index in [1.165, 1.54) is 0 Å². The molecule has 23 heavy (non-hydrogen) atoms. The molecule has 0 radical (unpaired) electrons. The number of aromatic nitrogens is 4. The number of phenolic OH excluding ortho intramolecular Hbond substituents is 1. The molecule has 0 fully saturated rings. The van der Waals surface area contributed by atoms with Gasteiger partial charge in [0.15, 0.2) is 0 Å². The van der Waals surface area contributed by atoms with Crippen molar-refractivity contribution in [2.24, 2.45) is 0 Å². The molecule has 0 spiro atoms. The van der Waals surface area contributed by atoms with Crippen LogP contribution >= 0.6 is 0 Å². The summed E-state index contributed by atoms with van der Waals surface area (Å²) in [6, 6.07) is 14.3. The maximum Gasteiger partial charge on any atom is 0.206 e. The number of imidazole rings is 1. The molecule has 0 aliphatic heterocycles. The quantitative estimate of drug-likeness (QED) is 0.594. The predicted molar refractivity (Wildman–Crippen MR) is 88.2 cm³/mol. The Kier molecular flexibility index (Phi) is 2.94. The van der Waals surface area contributed by atoms with Crippen molar-refractivity contribution in [1.29, 1.82) is 0 Å². The second-order valence-electron chi connectivity index (χ2n) is 5.06. The third-order valence-electron chi connectivity index (χ3n) is 3.61. The van der Waals surface area contributed by atoms with Crippen LogP contribution < -0.4 is 5.73 Å². The van der Waals surface area contributed by atoms with Gasteiger partial charge in [0.25, 0.3) is 0 Å². The molecule has 112 valence electrons. The molecule has 3 aromatic heterocycles. The van der Waals surface area contributed by atoms with E-state index in [0.717, 1.165) is 16.9 Å². The number of rotatable bonds is 2. The minimum absolute atomic E-state index is 0.201. The Bertz CT molecular complexity index is 977. The van der Waals surface area contributed by atoms with Crippen LogP contribution in [0.15, 0.2) is 60.9 Å². The van der Waals surface area contributed by atoms with Crippen molar-refractivity contribution in [1.82, 2.24) is 19.5 Å². The van der Waals surface area contributed by atoms with Crippen molar-refractivity contribution in [3.63, 3.8) is 0 Å². The number of fused-ring (bicyclic) bond motifs is 1. The average molecular weight is 303 g/mol. The summed E-state index contributed by atoms with van der Waals surface area (Å²) >= 11 is 0. The van der Waals surface area contributed by atoms with Crippen LogP contribution in [0, 0.1) is 0 Å². The molecule has 0 saturated carbocycles. The van der Waals surface area contributed by atoms with Gasteiger partial charge < -0.3 is 10.8 Å². The smallest absolute Gasteiger partial charge is 0.206 e.